The van der Waals surface area contributed by atoms with Crippen molar-refractivity contribution in [1.82, 2.24) is 24.3 Å². The van der Waals surface area contributed by atoms with Crippen molar-refractivity contribution < 1.29 is 17.9 Å². The van der Waals surface area contributed by atoms with Gasteiger partial charge >= 0.3 is 6.18 Å². The van der Waals surface area contributed by atoms with Crippen LogP contribution in [0.15, 0.2) is 24.4 Å². The molecule has 0 spiro atoms. The first-order valence-electron chi connectivity index (χ1n) is 10.3. The average molecular weight is 468 g/mol. The predicted octanol–water partition coefficient (Wildman–Crippen LogP) is 4.29. The van der Waals surface area contributed by atoms with Gasteiger partial charge in [0.2, 0.25) is 5.88 Å². The van der Waals surface area contributed by atoms with Crippen molar-refractivity contribution >= 4 is 22.5 Å². The van der Waals surface area contributed by atoms with Gasteiger partial charge in [-0.25, -0.2) is 9.97 Å². The van der Waals surface area contributed by atoms with Crippen molar-refractivity contribution in [3.63, 3.8) is 0 Å². The molecule has 1 aliphatic heterocycles. The molecule has 0 N–H and O–H groups in total. The van der Waals surface area contributed by atoms with Gasteiger partial charge < -0.3 is 9.30 Å². The smallest absolute Gasteiger partial charge is 0.401 e. The van der Waals surface area contributed by atoms with Crippen LogP contribution in [0, 0.1) is 6.92 Å². The number of fused-ring (bicyclic) bond motifs is 1. The minimum Gasteiger partial charge on any atom is -0.481 e. The number of hydrogen-bond acceptors (Lipinski definition) is 5. The molecule has 0 saturated carbocycles. The Hall–Kier alpha value is -2.36. The molecule has 4 rings (SSSR count). The molecule has 10 heteroatoms. The standard InChI is InChI=1S/C22H25ClF3N5O/c1-14-27-19(12-29(14)2)15-4-5-18-16(10-15)20(23)17(21(28-18)32-3)11-30-6-8-31(9-7-30)13-22(24,25)26/h4-5,10,12H,6-9,11,13H2,1-3H3. The lowest BCUT2D eigenvalue weighted by Crippen LogP contribution is -2.48. The highest BCUT2D eigenvalue weighted by Crippen LogP contribution is 2.35. The molecule has 1 saturated heterocycles. The number of ether oxygens (including phenoxy) is 1. The average Bonchev–Trinajstić information content (AvgIpc) is 3.08. The maximum absolute atomic E-state index is 12.7. The first-order valence-corrected chi connectivity index (χ1v) is 10.7. The van der Waals surface area contributed by atoms with Gasteiger partial charge in [0.05, 0.1) is 29.9 Å². The third-order valence-electron chi connectivity index (χ3n) is 5.83. The molecule has 0 unspecified atom stereocenters. The van der Waals surface area contributed by atoms with E-state index in [1.54, 1.807) is 7.11 Å². The molecule has 32 heavy (non-hydrogen) atoms. The molecule has 3 heterocycles. The number of hydrogen-bond donors (Lipinski definition) is 0. The van der Waals surface area contributed by atoms with Crippen LogP contribution in [-0.4, -0.2) is 70.3 Å². The maximum Gasteiger partial charge on any atom is 0.401 e. The van der Waals surface area contributed by atoms with E-state index in [4.69, 9.17) is 16.3 Å². The number of pyridine rings is 1. The summed E-state index contributed by atoms with van der Waals surface area (Å²) in [5, 5.41) is 1.33. The van der Waals surface area contributed by atoms with Crippen LogP contribution < -0.4 is 4.74 Å². The van der Waals surface area contributed by atoms with Crippen LogP contribution in [0.3, 0.4) is 0 Å². The number of rotatable bonds is 5. The van der Waals surface area contributed by atoms with E-state index in [0.717, 1.165) is 28.0 Å². The van der Waals surface area contributed by atoms with Crippen molar-refractivity contribution in [3.8, 4) is 17.1 Å². The second-order valence-electron chi connectivity index (χ2n) is 8.10. The molecule has 3 aromatic rings. The second kappa shape index (κ2) is 8.88. The molecule has 0 radical (unpaired) electrons. The summed E-state index contributed by atoms with van der Waals surface area (Å²) in [5.74, 6) is 1.34. The fourth-order valence-corrected chi connectivity index (χ4v) is 4.28. The number of benzene rings is 1. The summed E-state index contributed by atoms with van der Waals surface area (Å²) >= 11 is 6.82. The first-order chi connectivity index (χ1) is 15.1. The summed E-state index contributed by atoms with van der Waals surface area (Å²) < 4.78 is 45.4. The highest BCUT2D eigenvalue weighted by Gasteiger charge is 2.32. The lowest BCUT2D eigenvalue weighted by atomic mass is 10.1. The van der Waals surface area contributed by atoms with Crippen molar-refractivity contribution in [2.75, 3.05) is 39.8 Å². The first kappa shape index (κ1) is 22.8. The zero-order chi connectivity index (χ0) is 23.0. The second-order valence-corrected chi connectivity index (χ2v) is 8.48. The minimum atomic E-state index is -4.18. The lowest BCUT2D eigenvalue weighted by molar-refractivity contribution is -0.149. The van der Waals surface area contributed by atoms with Crippen molar-refractivity contribution in [2.45, 2.75) is 19.6 Å². The molecule has 0 atom stereocenters. The van der Waals surface area contributed by atoms with Gasteiger partial charge in [-0.2, -0.15) is 13.2 Å². The van der Waals surface area contributed by atoms with E-state index in [2.05, 4.69) is 14.9 Å². The Morgan fingerprint density at radius 3 is 2.38 bits per heavy atom. The Labute approximate surface area is 189 Å². The third-order valence-corrected chi connectivity index (χ3v) is 6.26. The number of alkyl halides is 3. The van der Waals surface area contributed by atoms with E-state index in [1.165, 1.54) is 4.90 Å². The summed E-state index contributed by atoms with van der Waals surface area (Å²) in [4.78, 5) is 12.7. The van der Waals surface area contributed by atoms with Gasteiger partial charge in [0.25, 0.3) is 0 Å². The number of nitrogens with zero attached hydrogens (tertiary/aromatic N) is 5. The summed E-state index contributed by atoms with van der Waals surface area (Å²) in [5.41, 5.74) is 3.23. The zero-order valence-electron chi connectivity index (χ0n) is 18.2. The monoisotopic (exact) mass is 467 g/mol. The number of methoxy groups -OCH3 is 1. The van der Waals surface area contributed by atoms with E-state index in [1.807, 2.05) is 42.9 Å². The quantitative estimate of drug-likeness (QED) is 0.560. The third kappa shape index (κ3) is 4.84. The van der Waals surface area contributed by atoms with Crippen molar-refractivity contribution in [1.29, 1.82) is 0 Å². The number of halogens is 4. The summed E-state index contributed by atoms with van der Waals surface area (Å²) in [7, 11) is 3.49. The van der Waals surface area contributed by atoms with Crippen LogP contribution in [0.25, 0.3) is 22.2 Å². The molecule has 1 aliphatic rings. The molecule has 1 fully saturated rings. The summed E-state index contributed by atoms with van der Waals surface area (Å²) in [6.07, 6.45) is -2.22. The van der Waals surface area contributed by atoms with Gasteiger partial charge in [-0.1, -0.05) is 17.7 Å². The van der Waals surface area contributed by atoms with Gasteiger partial charge in [0.1, 0.15) is 5.82 Å². The lowest BCUT2D eigenvalue weighted by Gasteiger charge is -2.35. The van der Waals surface area contributed by atoms with E-state index in [0.29, 0.717) is 49.1 Å². The van der Waals surface area contributed by atoms with E-state index < -0.39 is 12.7 Å². The Kier molecular flexibility index (Phi) is 6.33. The van der Waals surface area contributed by atoms with E-state index in [9.17, 15) is 13.2 Å². The largest absolute Gasteiger partial charge is 0.481 e. The molecule has 0 bridgehead atoms. The number of piperazine rings is 1. The van der Waals surface area contributed by atoms with Gasteiger partial charge in [0.15, 0.2) is 0 Å². The Balaban J connectivity index is 1.60. The number of aromatic nitrogens is 3. The summed E-state index contributed by atoms with van der Waals surface area (Å²) in [6, 6.07) is 5.81. The van der Waals surface area contributed by atoms with Crippen LogP contribution >= 0.6 is 11.6 Å². The highest BCUT2D eigenvalue weighted by molar-refractivity contribution is 6.36. The number of imidazole rings is 1. The van der Waals surface area contributed by atoms with Gasteiger partial charge in [-0.3, -0.25) is 9.80 Å². The fraction of sp³-hybridized carbons (Fsp3) is 0.455. The Morgan fingerprint density at radius 1 is 1.09 bits per heavy atom. The molecule has 0 amide bonds. The molecular weight excluding hydrogens is 443 g/mol. The van der Waals surface area contributed by atoms with Gasteiger partial charge in [0, 0.05) is 62.5 Å². The molecule has 1 aromatic carbocycles. The molecular formula is C22H25ClF3N5O. The van der Waals surface area contributed by atoms with Crippen LogP contribution in [0.5, 0.6) is 5.88 Å². The van der Waals surface area contributed by atoms with E-state index in [-0.39, 0.29) is 0 Å². The minimum absolute atomic E-state index is 0.351. The molecule has 6 nitrogen and oxygen atoms in total. The van der Waals surface area contributed by atoms with Gasteiger partial charge in [-0.05, 0) is 19.1 Å². The number of aryl methyl sites for hydroxylation is 2. The molecule has 0 aliphatic carbocycles. The van der Waals surface area contributed by atoms with Crippen LogP contribution in [0.4, 0.5) is 13.2 Å². The predicted molar refractivity (Wildman–Crippen MR) is 118 cm³/mol. The van der Waals surface area contributed by atoms with Crippen molar-refractivity contribution in [2.24, 2.45) is 7.05 Å². The fourth-order valence-electron chi connectivity index (χ4n) is 3.99. The summed E-state index contributed by atoms with van der Waals surface area (Å²) in [6.45, 7) is 3.25. The van der Waals surface area contributed by atoms with Gasteiger partial charge in [-0.15, -0.1) is 0 Å². The van der Waals surface area contributed by atoms with E-state index >= 15 is 0 Å². The van der Waals surface area contributed by atoms with Crippen LogP contribution in [0.1, 0.15) is 11.4 Å². The topological polar surface area (TPSA) is 46.4 Å². The van der Waals surface area contributed by atoms with Crippen molar-refractivity contribution in [3.05, 3.63) is 40.8 Å². The zero-order valence-corrected chi connectivity index (χ0v) is 19.0. The molecule has 2 aromatic heterocycles. The maximum atomic E-state index is 12.7. The SMILES string of the molecule is COc1nc2ccc(-c3cn(C)c(C)n3)cc2c(Cl)c1CN1CCN(CC(F)(F)F)CC1. The van der Waals surface area contributed by atoms with Crippen LogP contribution in [0.2, 0.25) is 5.02 Å². The Bertz CT molecular complexity index is 1100. The molecule has 172 valence electrons. The normalized spacial score (nSPS) is 16.1. The Morgan fingerprint density at radius 2 is 1.78 bits per heavy atom. The van der Waals surface area contributed by atoms with Crippen LogP contribution in [-0.2, 0) is 13.6 Å². The highest BCUT2D eigenvalue weighted by atomic mass is 35.5.